The van der Waals surface area contributed by atoms with Gasteiger partial charge < -0.3 is 15.0 Å². The average molecular weight is 268 g/mol. The highest BCUT2D eigenvalue weighted by molar-refractivity contribution is 5.73. The second kappa shape index (κ2) is 7.89. The molecule has 0 fully saturated rings. The summed E-state index contributed by atoms with van der Waals surface area (Å²) < 4.78 is 5.37. The zero-order valence-corrected chi connectivity index (χ0v) is 12.1. The molecule has 0 spiro atoms. The molecule has 0 aromatic rings. The fourth-order valence-corrected chi connectivity index (χ4v) is 1.48. The van der Waals surface area contributed by atoms with Crippen LogP contribution in [0, 0.1) is 0 Å². The van der Waals surface area contributed by atoms with Gasteiger partial charge in [0, 0.05) is 32.1 Å². The minimum atomic E-state index is -0.474. The summed E-state index contributed by atoms with van der Waals surface area (Å²) in [4.78, 5) is 22.1. The smallest absolute Gasteiger partial charge is 0.410 e. The van der Waals surface area contributed by atoms with Gasteiger partial charge in [-0.15, -0.1) is 0 Å². The van der Waals surface area contributed by atoms with Crippen molar-refractivity contribution in [1.29, 1.82) is 0 Å². The molecule has 0 saturated heterocycles. The van der Waals surface area contributed by atoms with Crippen LogP contribution < -0.4 is 5.32 Å². The van der Waals surface area contributed by atoms with Crippen LogP contribution >= 0.6 is 0 Å². The first-order valence-corrected chi connectivity index (χ1v) is 6.64. The second-order valence-electron chi connectivity index (χ2n) is 5.31. The largest absolute Gasteiger partial charge is 0.444 e. The van der Waals surface area contributed by atoms with Crippen LogP contribution in [0.1, 0.15) is 20.8 Å². The van der Waals surface area contributed by atoms with Crippen LogP contribution in [0.5, 0.6) is 0 Å². The number of hydrogen-bond acceptors (Lipinski definition) is 5. The normalized spacial score (nSPS) is 18.6. The van der Waals surface area contributed by atoms with Crippen LogP contribution in [0.2, 0.25) is 0 Å². The zero-order valence-electron chi connectivity index (χ0n) is 12.1. The van der Waals surface area contributed by atoms with E-state index < -0.39 is 5.60 Å². The van der Waals surface area contributed by atoms with Gasteiger partial charge in [0.05, 0.1) is 19.6 Å². The highest BCUT2D eigenvalue weighted by atomic mass is 16.6. The average Bonchev–Trinajstić information content (AvgIpc) is 2.27. The Hall–Kier alpha value is -1.43. The fraction of sp³-hybridized carbons (Fsp3) is 0.769. The summed E-state index contributed by atoms with van der Waals surface area (Å²) in [6, 6.07) is 0. The molecule has 0 unspecified atom stereocenters. The van der Waals surface area contributed by atoms with Crippen molar-refractivity contribution in [3.63, 3.8) is 0 Å². The van der Waals surface area contributed by atoms with E-state index in [1.54, 1.807) is 11.1 Å². The number of amides is 1. The predicted octanol–water partition coefficient (Wildman–Crippen LogP) is 0.968. The zero-order chi connectivity index (χ0) is 14.1. The maximum Gasteiger partial charge on any atom is 0.410 e. The Morgan fingerprint density at radius 3 is 2.63 bits per heavy atom. The minimum absolute atomic E-state index is 0.300. The van der Waals surface area contributed by atoms with E-state index in [0.717, 1.165) is 0 Å². The van der Waals surface area contributed by atoms with E-state index >= 15 is 0 Å². The quantitative estimate of drug-likeness (QED) is 0.712. The van der Waals surface area contributed by atoms with Crippen LogP contribution in [0.25, 0.3) is 0 Å². The molecule has 1 aliphatic heterocycles. The standard InChI is InChI=1S/C13H24N4O2/c1-13(2,3)19-12(18)17-10-8-15-6-4-14-5-7-16-9-11-17/h4,9,15H,5-8,10-11H2,1-3H3. The number of hydrogen-bond donors (Lipinski definition) is 1. The number of nitrogens with one attached hydrogen (secondary N) is 1. The Morgan fingerprint density at radius 1 is 1.26 bits per heavy atom. The molecule has 0 aromatic carbocycles. The molecule has 0 aromatic heterocycles. The minimum Gasteiger partial charge on any atom is -0.444 e. The monoisotopic (exact) mass is 268 g/mol. The lowest BCUT2D eigenvalue weighted by Crippen LogP contribution is -2.41. The molecule has 108 valence electrons. The molecule has 1 amide bonds. The molecule has 1 rings (SSSR count). The van der Waals surface area contributed by atoms with Crippen molar-refractivity contribution in [3.05, 3.63) is 0 Å². The van der Waals surface area contributed by atoms with Crippen molar-refractivity contribution >= 4 is 18.5 Å². The number of carbonyl (C=O) groups is 1. The Bertz CT molecular complexity index is 334. The third-order valence-corrected chi connectivity index (χ3v) is 2.36. The van der Waals surface area contributed by atoms with E-state index in [2.05, 4.69) is 15.3 Å². The van der Waals surface area contributed by atoms with Crippen molar-refractivity contribution in [2.24, 2.45) is 9.98 Å². The van der Waals surface area contributed by atoms with Gasteiger partial charge in [-0.3, -0.25) is 9.98 Å². The Balaban J connectivity index is 2.55. The topological polar surface area (TPSA) is 66.3 Å². The molecule has 19 heavy (non-hydrogen) atoms. The van der Waals surface area contributed by atoms with Gasteiger partial charge in [-0.1, -0.05) is 0 Å². The lowest BCUT2D eigenvalue weighted by atomic mass is 10.2. The van der Waals surface area contributed by atoms with Gasteiger partial charge in [-0.2, -0.15) is 0 Å². The van der Waals surface area contributed by atoms with Crippen molar-refractivity contribution < 1.29 is 9.53 Å². The molecule has 0 bridgehead atoms. The lowest BCUT2D eigenvalue weighted by Gasteiger charge is -2.26. The molecule has 0 radical (unpaired) electrons. The number of aliphatic imine (C=N–C) groups is 2. The first kappa shape index (κ1) is 15.6. The molecule has 0 atom stereocenters. The van der Waals surface area contributed by atoms with Crippen molar-refractivity contribution in [3.8, 4) is 0 Å². The molecule has 0 saturated carbocycles. The summed E-state index contributed by atoms with van der Waals surface area (Å²) in [5.41, 5.74) is -0.474. The van der Waals surface area contributed by atoms with Gasteiger partial charge in [0.15, 0.2) is 0 Å². The SMILES string of the molecule is CC(C)(C)OC(=O)N1CC=NCCN=CCNCC1. The first-order valence-electron chi connectivity index (χ1n) is 6.64. The third-order valence-electron chi connectivity index (χ3n) is 2.36. The molecular weight excluding hydrogens is 244 g/mol. The lowest BCUT2D eigenvalue weighted by molar-refractivity contribution is 0.0283. The maximum atomic E-state index is 12.0. The highest BCUT2D eigenvalue weighted by Gasteiger charge is 2.21. The van der Waals surface area contributed by atoms with E-state index in [4.69, 9.17) is 4.74 Å². The first-order chi connectivity index (χ1) is 8.99. The summed E-state index contributed by atoms with van der Waals surface area (Å²) in [6.07, 6.45) is 3.29. The molecular formula is C13H24N4O2. The third kappa shape index (κ3) is 7.56. The molecule has 1 aliphatic rings. The van der Waals surface area contributed by atoms with E-state index in [9.17, 15) is 4.79 Å². The molecule has 1 heterocycles. The van der Waals surface area contributed by atoms with Crippen molar-refractivity contribution in [2.45, 2.75) is 26.4 Å². The predicted molar refractivity (Wildman–Crippen MR) is 77.4 cm³/mol. The Labute approximate surface area is 114 Å². The molecule has 6 heteroatoms. The van der Waals surface area contributed by atoms with Crippen LogP contribution in [0.4, 0.5) is 4.79 Å². The van der Waals surface area contributed by atoms with E-state index in [1.807, 2.05) is 27.0 Å². The van der Waals surface area contributed by atoms with E-state index in [1.165, 1.54) is 0 Å². The van der Waals surface area contributed by atoms with E-state index in [0.29, 0.717) is 39.3 Å². The van der Waals surface area contributed by atoms with Gasteiger partial charge in [0.2, 0.25) is 0 Å². The van der Waals surface area contributed by atoms with Gasteiger partial charge >= 0.3 is 6.09 Å². The number of carbonyl (C=O) groups excluding carboxylic acids is 1. The maximum absolute atomic E-state index is 12.0. The number of ether oxygens (including phenoxy) is 1. The fourth-order valence-electron chi connectivity index (χ4n) is 1.48. The summed E-state index contributed by atoms with van der Waals surface area (Å²) in [5, 5.41) is 3.21. The van der Waals surface area contributed by atoms with Gasteiger partial charge in [-0.05, 0) is 20.8 Å². The van der Waals surface area contributed by atoms with Crippen LogP contribution in [-0.4, -0.2) is 68.3 Å². The van der Waals surface area contributed by atoms with Crippen molar-refractivity contribution in [2.75, 3.05) is 39.3 Å². The molecule has 1 N–H and O–H groups in total. The summed E-state index contributed by atoms with van der Waals surface area (Å²) >= 11 is 0. The highest BCUT2D eigenvalue weighted by Crippen LogP contribution is 2.09. The van der Waals surface area contributed by atoms with Crippen LogP contribution in [-0.2, 0) is 4.74 Å². The summed E-state index contributed by atoms with van der Waals surface area (Å²) in [6.45, 7) is 9.42. The van der Waals surface area contributed by atoms with Gasteiger partial charge in [-0.25, -0.2) is 4.79 Å². The number of nitrogens with zero attached hydrogens (tertiary/aromatic N) is 3. The van der Waals surface area contributed by atoms with Gasteiger partial charge in [0.1, 0.15) is 5.60 Å². The summed E-state index contributed by atoms with van der Waals surface area (Å²) in [7, 11) is 0. The van der Waals surface area contributed by atoms with Crippen LogP contribution in [0.3, 0.4) is 0 Å². The van der Waals surface area contributed by atoms with Gasteiger partial charge in [0.25, 0.3) is 0 Å². The second-order valence-corrected chi connectivity index (χ2v) is 5.31. The van der Waals surface area contributed by atoms with E-state index in [-0.39, 0.29) is 6.09 Å². The number of rotatable bonds is 0. The Kier molecular flexibility index (Phi) is 6.49. The Morgan fingerprint density at radius 2 is 1.95 bits per heavy atom. The summed E-state index contributed by atoms with van der Waals surface area (Å²) in [5.74, 6) is 0. The van der Waals surface area contributed by atoms with Crippen molar-refractivity contribution in [1.82, 2.24) is 10.2 Å². The molecule has 6 nitrogen and oxygen atoms in total. The molecule has 0 aliphatic carbocycles. The van der Waals surface area contributed by atoms with Crippen LogP contribution in [0.15, 0.2) is 9.98 Å².